The van der Waals surface area contributed by atoms with Crippen LogP contribution in [0.2, 0.25) is 0 Å². The number of nitrogens with zero attached hydrogens (tertiary/aromatic N) is 2. The smallest absolute Gasteiger partial charge is 0.320 e. The lowest BCUT2D eigenvalue weighted by molar-refractivity contribution is 0.0703. The number of alkyl halides is 2. The van der Waals surface area contributed by atoms with E-state index in [0.29, 0.717) is 23.1 Å². The molecule has 0 radical (unpaired) electrons. The Morgan fingerprint density at radius 3 is 2.34 bits per heavy atom. The third-order valence-corrected chi connectivity index (χ3v) is 4.92. The molecule has 0 aliphatic rings. The Kier molecular flexibility index (Phi) is 7.40. The van der Waals surface area contributed by atoms with Crippen molar-refractivity contribution in [3.05, 3.63) is 65.5 Å². The monoisotopic (exact) mass is 443 g/mol. The van der Waals surface area contributed by atoms with Gasteiger partial charge in [-0.15, -0.1) is 0 Å². The van der Waals surface area contributed by atoms with E-state index in [0.717, 1.165) is 10.1 Å². The quantitative estimate of drug-likeness (QED) is 0.488. The molecule has 0 saturated heterocycles. The van der Waals surface area contributed by atoms with E-state index in [4.69, 9.17) is 0 Å². The molecule has 3 N–H and O–H groups in total. The fourth-order valence-corrected chi connectivity index (χ4v) is 3.32. The van der Waals surface area contributed by atoms with E-state index in [-0.39, 0.29) is 30.3 Å². The average molecular weight is 443 g/mol. The molecule has 1 atom stereocenters. The highest BCUT2D eigenvalue weighted by Crippen LogP contribution is 2.27. The van der Waals surface area contributed by atoms with Crippen molar-refractivity contribution in [1.29, 1.82) is 0 Å². The highest BCUT2D eigenvalue weighted by atomic mass is 19.3. The van der Waals surface area contributed by atoms with Crippen LogP contribution in [0, 0.1) is 0 Å². The SMILES string of the molecule is CC(C)NC(=O)NCc1ccc(C(=O)NC[C@H](C)c2nc3ccccc3n2C(F)F)cc1. The molecular weight excluding hydrogens is 416 g/mol. The van der Waals surface area contributed by atoms with Crippen molar-refractivity contribution in [1.82, 2.24) is 25.5 Å². The minimum atomic E-state index is -2.72. The van der Waals surface area contributed by atoms with E-state index < -0.39 is 12.5 Å². The summed E-state index contributed by atoms with van der Waals surface area (Å²) in [6.07, 6.45) is 0. The van der Waals surface area contributed by atoms with Gasteiger partial charge in [0.25, 0.3) is 5.91 Å². The van der Waals surface area contributed by atoms with Crippen LogP contribution < -0.4 is 16.0 Å². The Bertz CT molecular complexity index is 1080. The molecule has 7 nitrogen and oxygen atoms in total. The minimum absolute atomic E-state index is 0.0422. The first-order valence-corrected chi connectivity index (χ1v) is 10.4. The van der Waals surface area contributed by atoms with Crippen molar-refractivity contribution in [2.24, 2.45) is 0 Å². The maximum absolute atomic E-state index is 13.6. The van der Waals surface area contributed by atoms with Gasteiger partial charge in [-0.1, -0.05) is 31.2 Å². The molecule has 32 heavy (non-hydrogen) atoms. The predicted octanol–water partition coefficient (Wildman–Crippen LogP) is 4.17. The number of rotatable bonds is 8. The van der Waals surface area contributed by atoms with E-state index in [2.05, 4.69) is 20.9 Å². The maximum atomic E-state index is 13.6. The summed E-state index contributed by atoms with van der Waals surface area (Å²) in [4.78, 5) is 28.5. The Labute approximate surface area is 185 Å². The average Bonchev–Trinajstić information content (AvgIpc) is 3.16. The normalized spacial score (nSPS) is 12.2. The number of amides is 3. The molecule has 0 unspecified atom stereocenters. The molecule has 1 heterocycles. The minimum Gasteiger partial charge on any atom is -0.351 e. The van der Waals surface area contributed by atoms with Gasteiger partial charge in [-0.2, -0.15) is 8.78 Å². The summed E-state index contributed by atoms with van der Waals surface area (Å²) in [5.74, 6) is -0.500. The number of aromatic nitrogens is 2. The molecule has 3 aromatic rings. The summed E-state index contributed by atoms with van der Waals surface area (Å²) in [7, 11) is 0. The van der Waals surface area contributed by atoms with Crippen molar-refractivity contribution in [3.8, 4) is 0 Å². The van der Waals surface area contributed by atoms with Crippen LogP contribution in [0.4, 0.5) is 13.6 Å². The largest absolute Gasteiger partial charge is 0.351 e. The van der Waals surface area contributed by atoms with Crippen LogP contribution in [0.1, 0.15) is 55.0 Å². The van der Waals surface area contributed by atoms with Crippen molar-refractivity contribution >= 4 is 23.0 Å². The molecule has 0 saturated carbocycles. The Morgan fingerprint density at radius 2 is 1.69 bits per heavy atom. The van der Waals surface area contributed by atoms with Gasteiger partial charge in [0.2, 0.25) is 0 Å². The van der Waals surface area contributed by atoms with Gasteiger partial charge < -0.3 is 16.0 Å². The second kappa shape index (κ2) is 10.2. The number of halogens is 2. The van der Waals surface area contributed by atoms with E-state index >= 15 is 0 Å². The highest BCUT2D eigenvalue weighted by molar-refractivity contribution is 5.94. The number of imidazole rings is 1. The van der Waals surface area contributed by atoms with E-state index in [1.54, 1.807) is 55.5 Å². The summed E-state index contributed by atoms with van der Waals surface area (Å²) in [5, 5.41) is 8.26. The van der Waals surface area contributed by atoms with Crippen molar-refractivity contribution in [2.75, 3.05) is 6.54 Å². The lowest BCUT2D eigenvalue weighted by Gasteiger charge is -2.15. The van der Waals surface area contributed by atoms with Gasteiger partial charge in [0, 0.05) is 30.6 Å². The molecule has 3 amide bonds. The Balaban J connectivity index is 1.59. The topological polar surface area (TPSA) is 88.1 Å². The third-order valence-electron chi connectivity index (χ3n) is 4.92. The molecule has 0 aliphatic heterocycles. The van der Waals surface area contributed by atoms with Crippen LogP contribution in [0.25, 0.3) is 11.0 Å². The zero-order valence-electron chi connectivity index (χ0n) is 18.2. The molecular formula is C23H27F2N5O2. The van der Waals surface area contributed by atoms with Crippen LogP contribution in [-0.4, -0.2) is 34.1 Å². The van der Waals surface area contributed by atoms with Gasteiger partial charge in [0.15, 0.2) is 0 Å². The number of nitrogens with one attached hydrogen (secondary N) is 3. The van der Waals surface area contributed by atoms with Crippen LogP contribution >= 0.6 is 0 Å². The zero-order valence-corrected chi connectivity index (χ0v) is 18.2. The molecule has 0 fully saturated rings. The van der Waals surface area contributed by atoms with Gasteiger partial charge in [-0.25, -0.2) is 9.78 Å². The van der Waals surface area contributed by atoms with Crippen molar-refractivity contribution < 1.29 is 18.4 Å². The molecule has 170 valence electrons. The summed E-state index contributed by atoms with van der Waals surface area (Å²) >= 11 is 0. The molecule has 0 aliphatic carbocycles. The summed E-state index contributed by atoms with van der Waals surface area (Å²) in [5.41, 5.74) is 2.14. The molecule has 3 rings (SSSR count). The number of para-hydroxylation sites is 2. The highest BCUT2D eigenvalue weighted by Gasteiger charge is 2.22. The van der Waals surface area contributed by atoms with Gasteiger partial charge in [0.05, 0.1) is 11.0 Å². The number of urea groups is 1. The first-order chi connectivity index (χ1) is 15.3. The Morgan fingerprint density at radius 1 is 1.00 bits per heavy atom. The van der Waals surface area contributed by atoms with Crippen LogP contribution in [-0.2, 0) is 6.54 Å². The lowest BCUT2D eigenvalue weighted by atomic mass is 10.1. The molecule has 1 aromatic heterocycles. The van der Waals surface area contributed by atoms with E-state index in [1.165, 1.54) is 0 Å². The number of carbonyl (C=O) groups excluding carboxylic acids is 2. The summed E-state index contributed by atoms with van der Waals surface area (Å²) in [6, 6.07) is 13.3. The van der Waals surface area contributed by atoms with Gasteiger partial charge in [0.1, 0.15) is 5.82 Å². The number of carbonyl (C=O) groups is 2. The molecule has 9 heteroatoms. The number of hydrogen-bond donors (Lipinski definition) is 3. The third kappa shape index (κ3) is 5.60. The lowest BCUT2D eigenvalue weighted by Crippen LogP contribution is -2.39. The van der Waals surface area contributed by atoms with Gasteiger partial charge >= 0.3 is 12.6 Å². The first-order valence-electron chi connectivity index (χ1n) is 10.4. The fraction of sp³-hybridized carbons (Fsp3) is 0.348. The second-order valence-electron chi connectivity index (χ2n) is 7.90. The number of benzene rings is 2. The fourth-order valence-electron chi connectivity index (χ4n) is 3.32. The number of fused-ring (bicyclic) bond motifs is 1. The van der Waals surface area contributed by atoms with Gasteiger partial charge in [-0.3, -0.25) is 9.36 Å². The predicted molar refractivity (Wildman–Crippen MR) is 119 cm³/mol. The Hall–Kier alpha value is -3.49. The maximum Gasteiger partial charge on any atom is 0.320 e. The standard InChI is InChI=1S/C23H27F2N5O2/c1-14(2)28-23(32)27-13-16-8-10-17(11-9-16)21(31)26-12-15(3)20-29-18-6-4-5-7-19(18)30(20)22(24)25/h4-11,14-15,22H,12-13H2,1-3H3,(H,26,31)(H2,27,28,32)/t15-/m0/s1. The van der Waals surface area contributed by atoms with Crippen molar-refractivity contribution in [3.63, 3.8) is 0 Å². The first kappa shape index (κ1) is 23.2. The van der Waals surface area contributed by atoms with E-state index in [9.17, 15) is 18.4 Å². The molecule has 0 spiro atoms. The summed E-state index contributed by atoms with van der Waals surface area (Å²) in [6.45, 7) is 3.26. The molecule has 2 aromatic carbocycles. The summed E-state index contributed by atoms with van der Waals surface area (Å²) < 4.78 is 28.2. The van der Waals surface area contributed by atoms with Crippen LogP contribution in [0.5, 0.6) is 0 Å². The van der Waals surface area contributed by atoms with Crippen molar-refractivity contribution in [2.45, 2.75) is 45.8 Å². The number of hydrogen-bond acceptors (Lipinski definition) is 3. The van der Waals surface area contributed by atoms with E-state index in [1.807, 2.05) is 13.8 Å². The second-order valence-corrected chi connectivity index (χ2v) is 7.90. The van der Waals surface area contributed by atoms with Crippen LogP contribution in [0.15, 0.2) is 48.5 Å². The van der Waals surface area contributed by atoms with Crippen LogP contribution in [0.3, 0.4) is 0 Å². The molecule has 0 bridgehead atoms. The van der Waals surface area contributed by atoms with Gasteiger partial charge in [-0.05, 0) is 43.7 Å². The zero-order chi connectivity index (χ0) is 23.3.